The van der Waals surface area contributed by atoms with Crippen molar-refractivity contribution in [3.05, 3.63) is 70.9 Å². The number of nitrogens with one attached hydrogen (secondary N) is 1. The van der Waals surface area contributed by atoms with Crippen molar-refractivity contribution in [2.75, 3.05) is 5.32 Å². The van der Waals surface area contributed by atoms with Gasteiger partial charge in [-0.3, -0.25) is 9.59 Å². The van der Waals surface area contributed by atoms with E-state index in [1.165, 1.54) is 16.8 Å². The molecular weight excluding hydrogens is 306 g/mol. The highest BCUT2D eigenvalue weighted by Crippen LogP contribution is 2.19. The first-order valence-corrected chi connectivity index (χ1v) is 7.67. The molecule has 0 aliphatic heterocycles. The van der Waals surface area contributed by atoms with E-state index in [0.29, 0.717) is 12.2 Å². The van der Waals surface area contributed by atoms with Crippen molar-refractivity contribution in [1.82, 2.24) is 19.6 Å². The number of anilines is 1. The molecule has 0 bridgehead atoms. The van der Waals surface area contributed by atoms with Crippen LogP contribution in [-0.2, 0) is 6.54 Å². The minimum Gasteiger partial charge on any atom is -0.319 e. The second-order valence-electron chi connectivity index (χ2n) is 5.20. The highest BCUT2D eigenvalue weighted by molar-refractivity contribution is 6.03. The number of rotatable bonds is 5. The van der Waals surface area contributed by atoms with Crippen molar-refractivity contribution in [3.8, 4) is 5.69 Å². The van der Waals surface area contributed by atoms with E-state index in [0.717, 1.165) is 12.1 Å². The molecule has 0 saturated heterocycles. The molecule has 0 fully saturated rings. The van der Waals surface area contributed by atoms with Crippen LogP contribution in [0.5, 0.6) is 0 Å². The Morgan fingerprint density at radius 1 is 1.17 bits per heavy atom. The fourth-order valence-corrected chi connectivity index (χ4v) is 2.32. The summed E-state index contributed by atoms with van der Waals surface area (Å²) in [6, 6.07) is 11.9. The number of aromatic nitrogens is 4. The Morgan fingerprint density at radius 2 is 2.00 bits per heavy atom. The Labute approximate surface area is 138 Å². The molecule has 122 valence electrons. The molecule has 0 saturated carbocycles. The van der Waals surface area contributed by atoms with Gasteiger partial charge in [-0.2, -0.15) is 10.2 Å². The first kappa shape index (κ1) is 15.7. The number of carbonyl (C=O) groups is 1. The molecule has 0 atom stereocenters. The summed E-state index contributed by atoms with van der Waals surface area (Å²) in [4.78, 5) is 24.2. The average Bonchev–Trinajstić information content (AvgIpc) is 3.12. The molecule has 2 aromatic heterocycles. The largest absolute Gasteiger partial charge is 0.319 e. The first-order valence-electron chi connectivity index (χ1n) is 7.67. The van der Waals surface area contributed by atoms with Gasteiger partial charge in [-0.1, -0.05) is 19.1 Å². The summed E-state index contributed by atoms with van der Waals surface area (Å²) < 4.78 is 2.97. The molecule has 0 radical (unpaired) electrons. The van der Waals surface area contributed by atoms with Crippen LogP contribution < -0.4 is 10.9 Å². The summed E-state index contributed by atoms with van der Waals surface area (Å²) in [6.45, 7) is 2.42. The lowest BCUT2D eigenvalue weighted by molar-refractivity contribution is 0.101. The van der Waals surface area contributed by atoms with Crippen LogP contribution in [0, 0.1) is 0 Å². The maximum absolute atomic E-state index is 12.5. The zero-order valence-electron chi connectivity index (χ0n) is 13.2. The first-order chi connectivity index (χ1) is 11.7. The number of carbonyl (C=O) groups excluding carboxylic acids is 1. The van der Waals surface area contributed by atoms with Gasteiger partial charge in [0.05, 0.1) is 11.4 Å². The van der Waals surface area contributed by atoms with Crippen LogP contribution in [0.3, 0.4) is 0 Å². The van der Waals surface area contributed by atoms with Crippen LogP contribution in [0.15, 0.2) is 59.7 Å². The lowest BCUT2D eigenvalue weighted by Crippen LogP contribution is -2.26. The monoisotopic (exact) mass is 323 g/mol. The predicted octanol–water partition coefficient (Wildman–Crippen LogP) is 2.09. The fraction of sp³-hybridized carbons (Fsp3) is 0.176. The van der Waals surface area contributed by atoms with Gasteiger partial charge < -0.3 is 5.32 Å². The van der Waals surface area contributed by atoms with Crippen molar-refractivity contribution >= 4 is 11.6 Å². The zero-order chi connectivity index (χ0) is 16.9. The third-order valence-electron chi connectivity index (χ3n) is 3.44. The number of amides is 1. The van der Waals surface area contributed by atoms with Crippen molar-refractivity contribution in [2.24, 2.45) is 0 Å². The van der Waals surface area contributed by atoms with E-state index < -0.39 is 0 Å². The molecule has 0 aliphatic carbocycles. The van der Waals surface area contributed by atoms with Crippen LogP contribution in [0.2, 0.25) is 0 Å². The molecule has 1 amide bonds. The van der Waals surface area contributed by atoms with Gasteiger partial charge in [-0.05, 0) is 30.7 Å². The third-order valence-corrected chi connectivity index (χ3v) is 3.44. The Bertz CT molecular complexity index is 899. The maximum atomic E-state index is 12.5. The molecule has 24 heavy (non-hydrogen) atoms. The standard InChI is InChI=1S/C17H17N5O2/c1-2-11-22-16(23)9-8-14(20-22)17(24)19-13-6-3-4-7-15(13)21-12-5-10-18-21/h3-10,12H,2,11H2,1H3,(H,19,24). The van der Waals surface area contributed by atoms with Crippen molar-refractivity contribution < 1.29 is 4.79 Å². The summed E-state index contributed by atoms with van der Waals surface area (Å²) in [6.07, 6.45) is 4.23. The average molecular weight is 323 g/mol. The van der Waals surface area contributed by atoms with Gasteiger partial charge in [0.25, 0.3) is 11.5 Å². The topological polar surface area (TPSA) is 81.8 Å². The van der Waals surface area contributed by atoms with Gasteiger partial charge in [-0.25, -0.2) is 9.36 Å². The van der Waals surface area contributed by atoms with Crippen molar-refractivity contribution in [3.63, 3.8) is 0 Å². The predicted molar refractivity (Wildman–Crippen MR) is 90.3 cm³/mol. The molecule has 1 aromatic carbocycles. The van der Waals surface area contributed by atoms with Gasteiger partial charge in [0.15, 0.2) is 0 Å². The Kier molecular flexibility index (Phi) is 4.51. The molecule has 1 N–H and O–H groups in total. The molecule has 3 aromatic rings. The van der Waals surface area contributed by atoms with Crippen LogP contribution in [-0.4, -0.2) is 25.5 Å². The SMILES string of the molecule is CCCn1nc(C(=O)Nc2ccccc2-n2cccn2)ccc1=O. The summed E-state index contributed by atoms with van der Waals surface area (Å²) in [5.74, 6) is -0.376. The lowest BCUT2D eigenvalue weighted by Gasteiger charge is -2.11. The van der Waals surface area contributed by atoms with E-state index >= 15 is 0 Å². The van der Waals surface area contributed by atoms with Gasteiger partial charge in [0, 0.05) is 25.0 Å². The number of para-hydroxylation sites is 2. The lowest BCUT2D eigenvalue weighted by atomic mass is 10.2. The molecule has 7 heteroatoms. The number of hydrogen-bond donors (Lipinski definition) is 1. The van der Waals surface area contributed by atoms with Crippen molar-refractivity contribution in [1.29, 1.82) is 0 Å². The second kappa shape index (κ2) is 6.91. The maximum Gasteiger partial charge on any atom is 0.276 e. The van der Waals surface area contributed by atoms with Gasteiger partial charge >= 0.3 is 0 Å². The van der Waals surface area contributed by atoms with Crippen LogP contribution >= 0.6 is 0 Å². The van der Waals surface area contributed by atoms with E-state index in [-0.39, 0.29) is 17.2 Å². The van der Waals surface area contributed by atoms with E-state index in [9.17, 15) is 9.59 Å². The zero-order valence-corrected chi connectivity index (χ0v) is 13.2. The molecule has 3 rings (SSSR count). The molecular formula is C17H17N5O2. The summed E-state index contributed by atoms with van der Waals surface area (Å²) in [7, 11) is 0. The highest BCUT2D eigenvalue weighted by atomic mass is 16.2. The van der Waals surface area contributed by atoms with Crippen LogP contribution in [0.4, 0.5) is 5.69 Å². The van der Waals surface area contributed by atoms with Gasteiger partial charge in [-0.15, -0.1) is 0 Å². The minimum absolute atomic E-state index is 0.193. The Hall–Kier alpha value is -3.22. The second-order valence-corrected chi connectivity index (χ2v) is 5.20. The van der Waals surface area contributed by atoms with Crippen molar-refractivity contribution in [2.45, 2.75) is 19.9 Å². The number of benzene rings is 1. The van der Waals surface area contributed by atoms with Gasteiger partial charge in [0.1, 0.15) is 5.69 Å². The van der Waals surface area contributed by atoms with Crippen LogP contribution in [0.1, 0.15) is 23.8 Å². The number of nitrogens with zero attached hydrogens (tertiary/aromatic N) is 4. The summed E-state index contributed by atoms with van der Waals surface area (Å²) in [5, 5.41) is 11.1. The van der Waals surface area contributed by atoms with E-state index in [1.807, 2.05) is 25.1 Å². The molecule has 7 nitrogen and oxygen atoms in total. The van der Waals surface area contributed by atoms with E-state index in [4.69, 9.17) is 0 Å². The summed E-state index contributed by atoms with van der Waals surface area (Å²) in [5.41, 5.74) is 1.34. The van der Waals surface area contributed by atoms with Crippen LogP contribution in [0.25, 0.3) is 5.69 Å². The Balaban J connectivity index is 1.89. The quantitative estimate of drug-likeness (QED) is 0.779. The third kappa shape index (κ3) is 3.24. The molecule has 0 unspecified atom stereocenters. The smallest absolute Gasteiger partial charge is 0.276 e. The fourth-order valence-electron chi connectivity index (χ4n) is 2.32. The number of hydrogen-bond acceptors (Lipinski definition) is 4. The molecule has 0 spiro atoms. The molecule has 0 aliphatic rings. The molecule has 2 heterocycles. The van der Waals surface area contributed by atoms with E-state index in [2.05, 4.69) is 15.5 Å². The Morgan fingerprint density at radius 3 is 2.75 bits per heavy atom. The van der Waals surface area contributed by atoms with E-state index in [1.54, 1.807) is 29.2 Å². The highest BCUT2D eigenvalue weighted by Gasteiger charge is 2.12. The summed E-state index contributed by atoms with van der Waals surface area (Å²) >= 11 is 0. The minimum atomic E-state index is -0.376. The normalized spacial score (nSPS) is 10.5. The number of aryl methyl sites for hydroxylation is 1. The van der Waals surface area contributed by atoms with Gasteiger partial charge in [0.2, 0.25) is 0 Å².